The zero-order chi connectivity index (χ0) is 20.2. The summed E-state index contributed by atoms with van der Waals surface area (Å²) in [5, 5.41) is 30.3. The highest BCUT2D eigenvalue weighted by atomic mass is 16.5. The molecule has 4 unspecified atom stereocenters. The van der Waals surface area contributed by atoms with Gasteiger partial charge in [0, 0.05) is 41.4 Å². The molecule has 0 amide bonds. The quantitative estimate of drug-likeness (QED) is 0.392. The number of hydrogen-bond acceptors (Lipinski definition) is 6. The zero-order valence-electron chi connectivity index (χ0n) is 17.8. The summed E-state index contributed by atoms with van der Waals surface area (Å²) in [5.74, 6) is 1.42. The van der Waals surface area contributed by atoms with Gasteiger partial charge in [-0.05, 0) is 59.1 Å². The summed E-state index contributed by atoms with van der Waals surface area (Å²) >= 11 is 0. The fourth-order valence-corrected chi connectivity index (χ4v) is 4.13. The molecule has 0 radical (unpaired) electrons. The van der Waals surface area contributed by atoms with Gasteiger partial charge >= 0.3 is 0 Å². The van der Waals surface area contributed by atoms with Crippen molar-refractivity contribution in [2.24, 2.45) is 11.8 Å². The summed E-state index contributed by atoms with van der Waals surface area (Å²) in [5.41, 5.74) is 2.00. The Kier molecular flexibility index (Phi) is 7.74. The van der Waals surface area contributed by atoms with E-state index in [0.717, 1.165) is 24.2 Å². The van der Waals surface area contributed by atoms with Crippen LogP contribution in [0.15, 0.2) is 23.1 Å². The molecule has 4 atom stereocenters. The summed E-state index contributed by atoms with van der Waals surface area (Å²) in [6.07, 6.45) is 4.23. The molecule has 0 saturated carbocycles. The Morgan fingerprint density at radius 2 is 2.07 bits per heavy atom. The van der Waals surface area contributed by atoms with E-state index < -0.39 is 6.23 Å². The molecule has 1 aliphatic heterocycles. The average Bonchev–Trinajstić information content (AvgIpc) is 2.57. The second-order valence-corrected chi connectivity index (χ2v) is 9.01. The first-order valence-corrected chi connectivity index (χ1v) is 10.2. The van der Waals surface area contributed by atoms with Crippen LogP contribution in [0, 0.1) is 11.8 Å². The third kappa shape index (κ3) is 5.70. The van der Waals surface area contributed by atoms with Gasteiger partial charge in [0.2, 0.25) is 0 Å². The molecular weight excluding hydrogens is 342 g/mol. The molecule has 6 heteroatoms. The molecule has 5 N–H and O–H groups in total. The molecule has 156 valence electrons. The van der Waals surface area contributed by atoms with Crippen LogP contribution in [0.4, 0.5) is 0 Å². The molecule has 1 aliphatic carbocycles. The van der Waals surface area contributed by atoms with Crippen molar-refractivity contribution in [1.29, 1.82) is 0 Å². The Labute approximate surface area is 164 Å². The molecule has 0 spiro atoms. The van der Waals surface area contributed by atoms with E-state index in [-0.39, 0.29) is 30.1 Å². The van der Waals surface area contributed by atoms with Crippen LogP contribution in [-0.2, 0) is 4.74 Å². The number of aliphatic hydroxyl groups is 2. The predicted molar refractivity (Wildman–Crippen MR) is 109 cm³/mol. The van der Waals surface area contributed by atoms with Gasteiger partial charge in [-0.3, -0.25) is 5.32 Å². The van der Waals surface area contributed by atoms with E-state index in [9.17, 15) is 10.2 Å². The molecule has 6 nitrogen and oxygen atoms in total. The topological polar surface area (TPSA) is 85.8 Å². The SMILES string of the molecule is CNC1C2=C(CCC=C2OCC(C)(C)NC(O)CC(C)C)NC(C)C1CO. The van der Waals surface area contributed by atoms with Crippen LogP contribution in [0.25, 0.3) is 0 Å². The smallest absolute Gasteiger partial charge is 0.121 e. The lowest BCUT2D eigenvalue weighted by molar-refractivity contribution is 0.0493. The molecular formula is C21H39N3O3. The second-order valence-electron chi connectivity index (χ2n) is 9.01. The predicted octanol–water partition coefficient (Wildman–Crippen LogP) is 1.86. The lowest BCUT2D eigenvalue weighted by Crippen LogP contribution is -2.54. The van der Waals surface area contributed by atoms with Gasteiger partial charge in [0.05, 0.1) is 0 Å². The van der Waals surface area contributed by atoms with E-state index in [1.54, 1.807) is 0 Å². The van der Waals surface area contributed by atoms with Crippen molar-refractivity contribution in [2.45, 2.75) is 77.7 Å². The molecule has 2 aliphatic rings. The molecule has 0 aromatic carbocycles. The molecule has 0 bridgehead atoms. The highest BCUT2D eigenvalue weighted by Gasteiger charge is 2.38. The van der Waals surface area contributed by atoms with Crippen LogP contribution >= 0.6 is 0 Å². The van der Waals surface area contributed by atoms with Crippen LogP contribution in [-0.4, -0.2) is 54.3 Å². The molecule has 0 saturated heterocycles. The van der Waals surface area contributed by atoms with E-state index in [1.807, 2.05) is 20.9 Å². The Morgan fingerprint density at radius 3 is 2.67 bits per heavy atom. The van der Waals surface area contributed by atoms with Crippen molar-refractivity contribution in [3.8, 4) is 0 Å². The first-order chi connectivity index (χ1) is 12.7. The van der Waals surface area contributed by atoms with Gasteiger partial charge in [0.25, 0.3) is 0 Å². The normalized spacial score (nSPS) is 27.1. The minimum Gasteiger partial charge on any atom is -0.492 e. The van der Waals surface area contributed by atoms with Gasteiger partial charge in [-0.2, -0.15) is 0 Å². The lowest BCUT2D eigenvalue weighted by atomic mass is 9.80. The maximum Gasteiger partial charge on any atom is 0.121 e. The van der Waals surface area contributed by atoms with Gasteiger partial charge in [-0.15, -0.1) is 0 Å². The largest absolute Gasteiger partial charge is 0.492 e. The van der Waals surface area contributed by atoms with Crippen molar-refractivity contribution < 1.29 is 14.9 Å². The molecule has 2 rings (SSSR count). The fraction of sp³-hybridized carbons (Fsp3) is 0.810. The summed E-state index contributed by atoms with van der Waals surface area (Å²) in [7, 11) is 1.94. The van der Waals surface area contributed by atoms with E-state index in [4.69, 9.17) is 4.74 Å². The number of aliphatic hydroxyl groups excluding tert-OH is 2. The fourth-order valence-electron chi connectivity index (χ4n) is 4.13. The van der Waals surface area contributed by atoms with Gasteiger partial charge in [-0.1, -0.05) is 13.8 Å². The van der Waals surface area contributed by atoms with Crippen molar-refractivity contribution >= 4 is 0 Å². The maximum atomic E-state index is 10.2. The summed E-state index contributed by atoms with van der Waals surface area (Å²) in [6, 6.07) is 0.283. The summed E-state index contributed by atoms with van der Waals surface area (Å²) < 4.78 is 6.25. The molecule has 27 heavy (non-hydrogen) atoms. The Morgan fingerprint density at radius 1 is 1.37 bits per heavy atom. The van der Waals surface area contributed by atoms with Crippen molar-refractivity contribution in [2.75, 3.05) is 20.3 Å². The van der Waals surface area contributed by atoms with Gasteiger partial charge in [-0.25, -0.2) is 0 Å². The maximum absolute atomic E-state index is 10.2. The third-order valence-electron chi connectivity index (χ3n) is 5.46. The standard InChI is InChI=1S/C21H39N3O3/c1-13(2)10-18(26)24-21(4,5)12-27-17-9-7-8-16-19(17)20(22-6)15(11-25)14(3)23-16/h9,13-15,18,20,22-26H,7-8,10-12H2,1-6H3. The first kappa shape index (κ1) is 22.2. The van der Waals surface area contributed by atoms with Crippen LogP contribution < -0.4 is 16.0 Å². The van der Waals surface area contributed by atoms with Crippen molar-refractivity contribution in [1.82, 2.24) is 16.0 Å². The number of likely N-dealkylation sites (N-methyl/N-ethyl adjacent to an activating group) is 1. The molecule has 1 heterocycles. The number of hydrogen-bond donors (Lipinski definition) is 5. The Hall–Kier alpha value is -1.08. The summed E-state index contributed by atoms with van der Waals surface area (Å²) in [6.45, 7) is 11.0. The third-order valence-corrected chi connectivity index (χ3v) is 5.46. The minimum atomic E-state index is -0.542. The minimum absolute atomic E-state index is 0.0652. The number of ether oxygens (including phenoxy) is 1. The summed E-state index contributed by atoms with van der Waals surface area (Å²) in [4.78, 5) is 0. The first-order valence-electron chi connectivity index (χ1n) is 10.2. The molecule has 0 aromatic rings. The molecule has 0 aromatic heterocycles. The highest BCUT2D eigenvalue weighted by molar-refractivity contribution is 5.41. The molecule has 0 fully saturated rings. The number of nitrogens with one attached hydrogen (secondary N) is 3. The number of allylic oxidation sites excluding steroid dienone is 2. The van der Waals surface area contributed by atoms with E-state index in [0.29, 0.717) is 18.9 Å². The van der Waals surface area contributed by atoms with Crippen LogP contribution in [0.5, 0.6) is 0 Å². The second kappa shape index (κ2) is 9.41. The lowest BCUT2D eigenvalue weighted by Gasteiger charge is -2.42. The zero-order valence-corrected chi connectivity index (χ0v) is 17.8. The van der Waals surface area contributed by atoms with Crippen LogP contribution in [0.2, 0.25) is 0 Å². The average molecular weight is 382 g/mol. The van der Waals surface area contributed by atoms with Crippen LogP contribution in [0.1, 0.15) is 53.9 Å². The Bertz CT molecular complexity index is 557. The van der Waals surface area contributed by atoms with E-state index >= 15 is 0 Å². The number of rotatable bonds is 9. The van der Waals surface area contributed by atoms with E-state index in [1.165, 1.54) is 5.70 Å². The van der Waals surface area contributed by atoms with Crippen molar-refractivity contribution in [3.05, 3.63) is 23.1 Å². The Balaban J connectivity index is 2.08. The monoisotopic (exact) mass is 381 g/mol. The van der Waals surface area contributed by atoms with Gasteiger partial charge in [0.15, 0.2) is 0 Å². The van der Waals surface area contributed by atoms with Gasteiger partial charge < -0.3 is 25.6 Å². The van der Waals surface area contributed by atoms with Crippen molar-refractivity contribution in [3.63, 3.8) is 0 Å². The van der Waals surface area contributed by atoms with Crippen LogP contribution in [0.3, 0.4) is 0 Å². The highest BCUT2D eigenvalue weighted by Crippen LogP contribution is 2.35. The van der Waals surface area contributed by atoms with Gasteiger partial charge in [0.1, 0.15) is 18.6 Å². The van der Waals surface area contributed by atoms with E-state index in [2.05, 4.69) is 42.8 Å².